The van der Waals surface area contributed by atoms with E-state index >= 15 is 0 Å². The first kappa shape index (κ1) is 20.1. The fourth-order valence-corrected chi connectivity index (χ4v) is 2.57. The topological polar surface area (TPSA) is 67.8 Å². The third kappa shape index (κ3) is 6.17. The molecule has 0 radical (unpaired) electrons. The largest absolute Gasteiger partial charge is 0.573 e. The second kappa shape index (κ2) is 8.55. The normalized spacial score (nSPS) is 11.0. The molecule has 0 aliphatic carbocycles. The van der Waals surface area contributed by atoms with Crippen LogP contribution >= 0.6 is 0 Å². The van der Waals surface area contributed by atoms with Crippen molar-refractivity contribution in [3.8, 4) is 22.6 Å². The molecule has 3 aromatic rings. The van der Waals surface area contributed by atoms with Gasteiger partial charge in [-0.05, 0) is 41.0 Å². The maximum Gasteiger partial charge on any atom is 0.573 e. The Labute approximate surface area is 164 Å². The highest BCUT2D eigenvalue weighted by Crippen LogP contribution is 2.32. The van der Waals surface area contributed by atoms with Crippen LogP contribution in [0.25, 0.3) is 11.1 Å². The molecule has 0 atom stereocenters. The summed E-state index contributed by atoms with van der Waals surface area (Å²) in [6.07, 6.45) is -5.50. The Morgan fingerprint density at radius 1 is 0.931 bits per heavy atom. The van der Waals surface area contributed by atoms with Crippen molar-refractivity contribution in [1.82, 2.24) is 0 Å². The number of carbonyl (C=O) groups is 1. The van der Waals surface area contributed by atoms with E-state index < -0.39 is 18.2 Å². The molecule has 3 aromatic carbocycles. The van der Waals surface area contributed by atoms with Gasteiger partial charge in [-0.3, -0.25) is 5.32 Å². The monoisotopic (exact) mass is 403 g/mol. The smallest absolute Gasteiger partial charge is 0.508 e. The van der Waals surface area contributed by atoms with Crippen molar-refractivity contribution in [2.45, 2.75) is 13.0 Å². The number of alkyl halides is 3. The molecule has 0 saturated carbocycles. The van der Waals surface area contributed by atoms with Crippen LogP contribution in [0.4, 0.5) is 23.7 Å². The second-order valence-corrected chi connectivity index (χ2v) is 6.03. The van der Waals surface area contributed by atoms with E-state index in [9.17, 15) is 23.1 Å². The highest BCUT2D eigenvalue weighted by Gasteiger charge is 2.31. The van der Waals surface area contributed by atoms with Crippen molar-refractivity contribution in [2.75, 3.05) is 5.32 Å². The van der Waals surface area contributed by atoms with E-state index in [-0.39, 0.29) is 12.4 Å². The number of hydrogen-bond donors (Lipinski definition) is 2. The molecule has 3 rings (SSSR count). The first-order valence-electron chi connectivity index (χ1n) is 8.46. The Kier molecular flexibility index (Phi) is 5.92. The Morgan fingerprint density at radius 3 is 2.28 bits per heavy atom. The number of phenols is 1. The molecule has 0 aromatic heterocycles. The summed E-state index contributed by atoms with van der Waals surface area (Å²) >= 11 is 0. The van der Waals surface area contributed by atoms with Crippen molar-refractivity contribution in [3.63, 3.8) is 0 Å². The average molecular weight is 403 g/mol. The molecule has 2 N–H and O–H groups in total. The van der Waals surface area contributed by atoms with Crippen LogP contribution in [0.5, 0.6) is 11.5 Å². The van der Waals surface area contributed by atoms with Gasteiger partial charge in [0.25, 0.3) is 0 Å². The van der Waals surface area contributed by atoms with Gasteiger partial charge in [0.05, 0.1) is 0 Å². The van der Waals surface area contributed by atoms with E-state index in [0.717, 1.165) is 17.7 Å². The lowest BCUT2D eigenvalue weighted by Gasteiger charge is -2.11. The summed E-state index contributed by atoms with van der Waals surface area (Å²) in [5, 5.41) is 12.2. The van der Waals surface area contributed by atoms with Crippen LogP contribution in [-0.2, 0) is 11.3 Å². The van der Waals surface area contributed by atoms with Crippen molar-refractivity contribution in [1.29, 1.82) is 0 Å². The highest BCUT2D eigenvalue weighted by molar-refractivity contribution is 5.85. The van der Waals surface area contributed by atoms with E-state index in [1.54, 1.807) is 24.3 Å². The molecule has 8 heteroatoms. The van der Waals surface area contributed by atoms with Gasteiger partial charge in [0.2, 0.25) is 0 Å². The van der Waals surface area contributed by atoms with E-state index in [4.69, 9.17) is 4.74 Å². The van der Waals surface area contributed by atoms with Gasteiger partial charge in [-0.1, -0.05) is 42.5 Å². The number of phenolic OH excluding ortho intramolecular Hbond substituents is 1. The van der Waals surface area contributed by atoms with Gasteiger partial charge >= 0.3 is 12.5 Å². The number of nitrogens with one attached hydrogen (secondary N) is 1. The molecule has 29 heavy (non-hydrogen) atoms. The van der Waals surface area contributed by atoms with Gasteiger partial charge < -0.3 is 14.6 Å². The molecular formula is C21H16F3NO4. The van der Waals surface area contributed by atoms with Gasteiger partial charge in [-0.25, -0.2) is 4.79 Å². The molecule has 0 aliphatic rings. The molecule has 0 spiro atoms. The summed E-state index contributed by atoms with van der Waals surface area (Å²) < 4.78 is 46.2. The number of carbonyl (C=O) groups excluding carboxylic acids is 1. The number of halogens is 3. The van der Waals surface area contributed by atoms with Crippen molar-refractivity contribution in [2.24, 2.45) is 0 Å². The van der Waals surface area contributed by atoms with Gasteiger partial charge in [0.1, 0.15) is 18.1 Å². The first-order chi connectivity index (χ1) is 13.8. The van der Waals surface area contributed by atoms with Gasteiger partial charge in [-0.2, -0.15) is 0 Å². The molecule has 0 fully saturated rings. The lowest BCUT2D eigenvalue weighted by Crippen LogP contribution is -2.17. The zero-order chi connectivity index (χ0) is 20.9. The fraction of sp³-hybridized carbons (Fsp3) is 0.0952. The van der Waals surface area contributed by atoms with Crippen LogP contribution in [0.1, 0.15) is 5.56 Å². The first-order valence-corrected chi connectivity index (χ1v) is 8.46. The molecule has 0 saturated heterocycles. The lowest BCUT2D eigenvalue weighted by atomic mass is 10.0. The molecule has 150 valence electrons. The molecule has 0 aliphatic heterocycles. The lowest BCUT2D eigenvalue weighted by molar-refractivity contribution is -0.274. The highest BCUT2D eigenvalue weighted by atomic mass is 19.4. The number of aromatic hydroxyl groups is 1. The molecule has 5 nitrogen and oxygen atoms in total. The quantitative estimate of drug-likeness (QED) is 0.573. The predicted octanol–water partition coefficient (Wildman–Crippen LogP) is 5.71. The maximum atomic E-state index is 12.4. The van der Waals surface area contributed by atoms with Crippen LogP contribution < -0.4 is 10.1 Å². The van der Waals surface area contributed by atoms with Crippen molar-refractivity contribution in [3.05, 3.63) is 78.4 Å². The predicted molar refractivity (Wildman–Crippen MR) is 100 cm³/mol. The number of anilines is 1. The fourth-order valence-electron chi connectivity index (χ4n) is 2.57. The van der Waals surface area contributed by atoms with Crippen molar-refractivity contribution >= 4 is 11.8 Å². The summed E-state index contributed by atoms with van der Waals surface area (Å²) in [5.74, 6) is -0.896. The number of rotatable bonds is 5. The average Bonchev–Trinajstić information content (AvgIpc) is 2.66. The number of amides is 1. The van der Waals surface area contributed by atoms with Crippen LogP contribution in [0, 0.1) is 0 Å². The van der Waals surface area contributed by atoms with Crippen LogP contribution in [0.2, 0.25) is 0 Å². The van der Waals surface area contributed by atoms with Gasteiger partial charge in [0, 0.05) is 11.8 Å². The van der Waals surface area contributed by atoms with E-state index in [0.29, 0.717) is 16.8 Å². The third-order valence-corrected chi connectivity index (χ3v) is 3.80. The summed E-state index contributed by atoms with van der Waals surface area (Å²) in [6, 6.07) is 18.8. The van der Waals surface area contributed by atoms with Crippen LogP contribution in [0.3, 0.4) is 0 Å². The van der Waals surface area contributed by atoms with Crippen LogP contribution in [0.15, 0.2) is 72.8 Å². The molecule has 1 amide bonds. The molecular weight excluding hydrogens is 387 g/mol. The minimum Gasteiger partial charge on any atom is -0.508 e. The zero-order valence-corrected chi connectivity index (χ0v) is 14.9. The van der Waals surface area contributed by atoms with E-state index in [2.05, 4.69) is 10.1 Å². The van der Waals surface area contributed by atoms with E-state index in [1.807, 2.05) is 30.3 Å². The second-order valence-electron chi connectivity index (χ2n) is 6.03. The molecule has 0 unspecified atom stereocenters. The standard InChI is InChI=1S/C21H16F3NO4/c22-21(23,24)29-19-11-16(10-18(26)12-19)15-6-8-17(9-7-15)25-20(27)28-13-14-4-2-1-3-5-14/h1-12,26H,13H2,(H,25,27). The minimum absolute atomic E-state index is 0.121. The number of benzene rings is 3. The Hall–Kier alpha value is -3.68. The van der Waals surface area contributed by atoms with Crippen LogP contribution in [-0.4, -0.2) is 17.6 Å². The zero-order valence-electron chi connectivity index (χ0n) is 14.9. The van der Waals surface area contributed by atoms with E-state index in [1.165, 1.54) is 6.07 Å². The summed E-state index contributed by atoms with van der Waals surface area (Å²) in [5.41, 5.74) is 2.14. The van der Waals surface area contributed by atoms with Gasteiger partial charge in [0.15, 0.2) is 0 Å². The minimum atomic E-state index is -4.86. The van der Waals surface area contributed by atoms with Gasteiger partial charge in [-0.15, -0.1) is 13.2 Å². The number of ether oxygens (including phenoxy) is 2. The summed E-state index contributed by atoms with van der Waals surface area (Å²) in [7, 11) is 0. The number of hydrogen-bond acceptors (Lipinski definition) is 4. The SMILES string of the molecule is O=C(Nc1ccc(-c2cc(O)cc(OC(F)(F)F)c2)cc1)OCc1ccccc1. The Balaban J connectivity index is 1.64. The molecule has 0 bridgehead atoms. The summed E-state index contributed by atoms with van der Waals surface area (Å²) in [6.45, 7) is 0.121. The van der Waals surface area contributed by atoms with Crippen molar-refractivity contribution < 1.29 is 32.5 Å². The Morgan fingerprint density at radius 2 is 1.62 bits per heavy atom. The summed E-state index contributed by atoms with van der Waals surface area (Å²) in [4.78, 5) is 11.9. The third-order valence-electron chi connectivity index (χ3n) is 3.80. The maximum absolute atomic E-state index is 12.4. The Bertz CT molecular complexity index is 973. The molecule has 0 heterocycles.